The molecule has 2 rings (SSSR count). The quantitative estimate of drug-likeness (QED) is 0.673. The minimum atomic E-state index is 0.267. The van der Waals surface area contributed by atoms with Crippen molar-refractivity contribution in [3.05, 3.63) is 35.7 Å². The van der Waals surface area contributed by atoms with Gasteiger partial charge in [0.05, 0.1) is 18.3 Å². The molecule has 0 aliphatic rings. The molecule has 16 heavy (non-hydrogen) atoms. The first kappa shape index (κ1) is 10.1. The second-order valence-corrected chi connectivity index (χ2v) is 3.05. The van der Waals surface area contributed by atoms with Gasteiger partial charge in [0, 0.05) is 0 Å². The molecule has 0 spiro atoms. The summed E-state index contributed by atoms with van der Waals surface area (Å²) in [6.07, 6.45) is 8.66. The van der Waals surface area contributed by atoms with E-state index in [2.05, 4.69) is 27.7 Å². The van der Waals surface area contributed by atoms with E-state index in [-0.39, 0.29) is 5.89 Å². The molecule has 2 aromatic heterocycles. The van der Waals surface area contributed by atoms with Crippen molar-refractivity contribution in [2.75, 3.05) is 0 Å². The average molecular weight is 212 g/mol. The molecule has 0 saturated carbocycles. The Morgan fingerprint density at radius 3 is 2.94 bits per heavy atom. The zero-order chi connectivity index (χ0) is 11.4. The molecule has 4 nitrogen and oxygen atoms in total. The van der Waals surface area contributed by atoms with Crippen LogP contribution in [0.2, 0.25) is 0 Å². The molecule has 4 heteroatoms. The summed E-state index contributed by atoms with van der Waals surface area (Å²) in [5.41, 5.74) is 0.804. The number of oxazole rings is 2. The van der Waals surface area contributed by atoms with Crippen LogP contribution in [-0.2, 0) is 6.42 Å². The van der Waals surface area contributed by atoms with Crippen LogP contribution in [0.5, 0.6) is 0 Å². The maximum absolute atomic E-state index is 5.18. The van der Waals surface area contributed by atoms with Crippen molar-refractivity contribution in [1.82, 2.24) is 9.97 Å². The zero-order valence-corrected chi connectivity index (χ0v) is 8.65. The third-order valence-electron chi connectivity index (χ3n) is 1.75. The number of hydrogen-bond acceptors (Lipinski definition) is 4. The normalized spacial score (nSPS) is 9.25. The van der Waals surface area contributed by atoms with Crippen LogP contribution in [0.15, 0.2) is 21.3 Å². The summed E-state index contributed by atoms with van der Waals surface area (Å²) in [5, 5.41) is 0. The van der Waals surface area contributed by atoms with Gasteiger partial charge in [0.25, 0.3) is 11.8 Å². The standard InChI is InChI=1S/C12H8N2O2/c1-3-11-13-7-10(16-11)5-4-6-12-14-9(2)8-15-12/h1,7-8H,5H2,2H3. The van der Waals surface area contributed by atoms with Crippen LogP contribution in [-0.4, -0.2) is 9.97 Å². The molecule has 0 N–H and O–H groups in total. The highest BCUT2D eigenvalue weighted by Crippen LogP contribution is 2.03. The van der Waals surface area contributed by atoms with E-state index in [9.17, 15) is 0 Å². The molecule has 0 aromatic carbocycles. The molecule has 0 fully saturated rings. The van der Waals surface area contributed by atoms with E-state index < -0.39 is 0 Å². The molecular formula is C12H8N2O2. The minimum absolute atomic E-state index is 0.267. The summed E-state index contributed by atoms with van der Waals surface area (Å²) < 4.78 is 10.2. The lowest BCUT2D eigenvalue weighted by molar-refractivity contribution is 0.506. The Morgan fingerprint density at radius 2 is 2.31 bits per heavy atom. The van der Waals surface area contributed by atoms with Crippen molar-refractivity contribution < 1.29 is 8.83 Å². The van der Waals surface area contributed by atoms with E-state index in [0.29, 0.717) is 18.1 Å². The van der Waals surface area contributed by atoms with E-state index in [4.69, 9.17) is 15.3 Å². The maximum atomic E-state index is 5.18. The van der Waals surface area contributed by atoms with Crippen LogP contribution < -0.4 is 0 Å². The zero-order valence-electron chi connectivity index (χ0n) is 8.65. The number of nitrogens with zero attached hydrogens (tertiary/aromatic N) is 2. The van der Waals surface area contributed by atoms with Gasteiger partial charge in [0.1, 0.15) is 12.0 Å². The average Bonchev–Trinajstić information content (AvgIpc) is 2.88. The van der Waals surface area contributed by atoms with Crippen LogP contribution in [0, 0.1) is 31.1 Å². The molecular weight excluding hydrogens is 204 g/mol. The van der Waals surface area contributed by atoms with Crippen molar-refractivity contribution in [3.63, 3.8) is 0 Å². The van der Waals surface area contributed by atoms with Gasteiger partial charge in [-0.15, -0.1) is 6.42 Å². The largest absolute Gasteiger partial charge is 0.438 e. The fraction of sp³-hybridized carbons (Fsp3) is 0.167. The predicted octanol–water partition coefficient (Wildman–Crippen LogP) is 1.55. The Hall–Kier alpha value is -2.46. The second-order valence-electron chi connectivity index (χ2n) is 3.05. The van der Waals surface area contributed by atoms with E-state index in [1.165, 1.54) is 0 Å². The van der Waals surface area contributed by atoms with Crippen LogP contribution in [0.4, 0.5) is 0 Å². The lowest BCUT2D eigenvalue weighted by Gasteiger charge is -1.82. The maximum Gasteiger partial charge on any atom is 0.273 e. The smallest absolute Gasteiger partial charge is 0.273 e. The summed E-state index contributed by atoms with van der Waals surface area (Å²) in [4.78, 5) is 7.90. The van der Waals surface area contributed by atoms with Gasteiger partial charge in [-0.25, -0.2) is 9.97 Å². The van der Waals surface area contributed by atoms with Crippen molar-refractivity contribution in [3.8, 4) is 24.2 Å². The Bertz CT molecular complexity index is 590. The Labute approximate surface area is 92.7 Å². The van der Waals surface area contributed by atoms with Crippen molar-refractivity contribution >= 4 is 0 Å². The second kappa shape index (κ2) is 4.37. The molecule has 0 aliphatic heterocycles. The molecule has 0 aliphatic carbocycles. The van der Waals surface area contributed by atoms with E-state index in [0.717, 1.165) is 5.69 Å². The van der Waals surface area contributed by atoms with Gasteiger partial charge < -0.3 is 8.83 Å². The van der Waals surface area contributed by atoms with E-state index in [1.807, 2.05) is 6.92 Å². The van der Waals surface area contributed by atoms with Crippen molar-refractivity contribution in [1.29, 1.82) is 0 Å². The number of terminal acetylenes is 1. The highest BCUT2D eigenvalue weighted by Gasteiger charge is 1.99. The highest BCUT2D eigenvalue weighted by atomic mass is 16.4. The van der Waals surface area contributed by atoms with Gasteiger partial charge >= 0.3 is 0 Å². The van der Waals surface area contributed by atoms with Gasteiger partial charge in [-0.05, 0) is 18.8 Å². The summed E-state index contributed by atoms with van der Waals surface area (Å²) >= 11 is 0. The Kier molecular flexibility index (Phi) is 2.75. The molecule has 2 heterocycles. The Morgan fingerprint density at radius 1 is 1.44 bits per heavy atom. The third-order valence-corrected chi connectivity index (χ3v) is 1.75. The lowest BCUT2D eigenvalue weighted by Crippen LogP contribution is -1.77. The van der Waals surface area contributed by atoms with Gasteiger partial charge in [-0.2, -0.15) is 0 Å². The molecule has 78 valence electrons. The number of rotatable bonds is 1. The van der Waals surface area contributed by atoms with Crippen LogP contribution >= 0.6 is 0 Å². The first-order valence-electron chi connectivity index (χ1n) is 4.60. The van der Waals surface area contributed by atoms with Crippen LogP contribution in [0.1, 0.15) is 23.2 Å². The molecule has 0 amide bonds. The Balaban J connectivity index is 2.02. The SMILES string of the molecule is C#Cc1ncc(CC#Cc2nc(C)co2)o1. The van der Waals surface area contributed by atoms with Crippen LogP contribution in [0.3, 0.4) is 0 Å². The first-order valence-corrected chi connectivity index (χ1v) is 4.60. The van der Waals surface area contributed by atoms with E-state index >= 15 is 0 Å². The third kappa shape index (κ3) is 2.31. The molecule has 0 saturated heterocycles. The monoisotopic (exact) mass is 212 g/mol. The highest BCUT2D eigenvalue weighted by molar-refractivity contribution is 5.22. The molecule has 0 atom stereocenters. The minimum Gasteiger partial charge on any atom is -0.438 e. The lowest BCUT2D eigenvalue weighted by atomic mass is 10.3. The number of hydrogen-bond donors (Lipinski definition) is 0. The summed E-state index contributed by atoms with van der Waals surface area (Å²) in [7, 11) is 0. The fourth-order valence-electron chi connectivity index (χ4n) is 1.07. The number of aryl methyl sites for hydroxylation is 1. The summed E-state index contributed by atoms with van der Waals surface area (Å²) in [6.45, 7) is 1.84. The molecule has 0 radical (unpaired) electrons. The fourth-order valence-corrected chi connectivity index (χ4v) is 1.07. The van der Waals surface area contributed by atoms with Crippen molar-refractivity contribution in [2.45, 2.75) is 13.3 Å². The van der Waals surface area contributed by atoms with Gasteiger partial charge in [0.2, 0.25) is 0 Å². The van der Waals surface area contributed by atoms with E-state index in [1.54, 1.807) is 12.5 Å². The predicted molar refractivity (Wildman–Crippen MR) is 56.3 cm³/mol. The van der Waals surface area contributed by atoms with Gasteiger partial charge in [0.15, 0.2) is 0 Å². The summed E-state index contributed by atoms with van der Waals surface area (Å²) in [5.74, 6) is 9.23. The molecule has 0 bridgehead atoms. The molecule has 2 aromatic rings. The molecule has 0 unspecified atom stereocenters. The number of aromatic nitrogens is 2. The topological polar surface area (TPSA) is 52.1 Å². The van der Waals surface area contributed by atoms with Crippen molar-refractivity contribution in [2.24, 2.45) is 0 Å². The van der Waals surface area contributed by atoms with Gasteiger partial charge in [-0.1, -0.05) is 5.92 Å². The first-order chi connectivity index (χ1) is 7.78. The van der Waals surface area contributed by atoms with Crippen LogP contribution in [0.25, 0.3) is 0 Å². The summed E-state index contributed by atoms with van der Waals surface area (Å²) in [6, 6.07) is 0. The van der Waals surface area contributed by atoms with Gasteiger partial charge in [-0.3, -0.25) is 0 Å².